The van der Waals surface area contributed by atoms with Gasteiger partial charge in [0.15, 0.2) is 17.5 Å². The number of hydrogen-bond donors (Lipinski definition) is 3. The largest absolute Gasteiger partial charge is 0.381 e. The Bertz CT molecular complexity index is 908. The fourth-order valence-corrected chi connectivity index (χ4v) is 2.16. The molecule has 11 heteroatoms. The molecule has 0 saturated heterocycles. The molecule has 0 aliphatic carbocycles. The van der Waals surface area contributed by atoms with Crippen LogP contribution in [0.1, 0.15) is 18.8 Å². The number of H-pyrrole nitrogens is 1. The van der Waals surface area contributed by atoms with Crippen LogP contribution in [0, 0.1) is 11.6 Å². The van der Waals surface area contributed by atoms with E-state index in [4.69, 9.17) is 5.73 Å². The summed E-state index contributed by atoms with van der Waals surface area (Å²) in [6.45, 7) is 1.73. The molecule has 0 radical (unpaired) electrons. The van der Waals surface area contributed by atoms with Gasteiger partial charge in [-0.1, -0.05) is 0 Å². The van der Waals surface area contributed by atoms with E-state index in [9.17, 15) is 8.78 Å². The van der Waals surface area contributed by atoms with Crippen molar-refractivity contribution in [2.45, 2.75) is 13.0 Å². The molecule has 1 atom stereocenters. The highest BCUT2D eigenvalue weighted by Gasteiger charge is 2.19. The molecule has 0 unspecified atom stereocenters. The SMILES string of the molecule is C[C@H](Nc1nc(N)c(F)c(-c2cc(N(C)C)[nH]n2)n1)c1ncc(F)cn1. The molecule has 3 aromatic heterocycles. The van der Waals surface area contributed by atoms with Crippen molar-refractivity contribution in [3.63, 3.8) is 0 Å². The Morgan fingerprint density at radius 2 is 1.88 bits per heavy atom. The zero-order chi connectivity index (χ0) is 18.8. The Balaban J connectivity index is 1.91. The third-order valence-electron chi connectivity index (χ3n) is 3.54. The Labute approximate surface area is 147 Å². The first-order chi connectivity index (χ1) is 12.3. The normalized spacial score (nSPS) is 12.0. The average molecular weight is 361 g/mol. The van der Waals surface area contributed by atoms with Gasteiger partial charge in [-0.3, -0.25) is 5.10 Å². The first-order valence-electron chi connectivity index (χ1n) is 7.65. The Morgan fingerprint density at radius 3 is 2.50 bits per heavy atom. The molecule has 3 aromatic rings. The van der Waals surface area contributed by atoms with Crippen LogP contribution in [0.3, 0.4) is 0 Å². The number of nitrogens with two attached hydrogens (primary N) is 1. The molecular formula is C15H17F2N9. The van der Waals surface area contributed by atoms with E-state index in [0.717, 1.165) is 12.4 Å². The maximum absolute atomic E-state index is 14.4. The van der Waals surface area contributed by atoms with Crippen molar-refractivity contribution >= 4 is 17.6 Å². The van der Waals surface area contributed by atoms with Crippen LogP contribution in [0.2, 0.25) is 0 Å². The molecule has 0 saturated carbocycles. The van der Waals surface area contributed by atoms with Crippen LogP contribution in [-0.4, -0.2) is 44.2 Å². The van der Waals surface area contributed by atoms with E-state index >= 15 is 0 Å². The number of halogens is 2. The number of rotatable bonds is 5. The van der Waals surface area contributed by atoms with E-state index in [2.05, 4.69) is 35.5 Å². The maximum Gasteiger partial charge on any atom is 0.226 e. The molecule has 3 rings (SSSR count). The number of nitrogen functional groups attached to an aromatic ring is 1. The molecule has 0 aliphatic rings. The summed E-state index contributed by atoms with van der Waals surface area (Å²) in [4.78, 5) is 17.6. The highest BCUT2D eigenvalue weighted by molar-refractivity contribution is 5.64. The lowest BCUT2D eigenvalue weighted by molar-refractivity contribution is 0.604. The maximum atomic E-state index is 14.4. The van der Waals surface area contributed by atoms with E-state index in [1.54, 1.807) is 17.9 Å². The fourth-order valence-electron chi connectivity index (χ4n) is 2.16. The quantitative estimate of drug-likeness (QED) is 0.628. The molecule has 4 N–H and O–H groups in total. The number of nitrogens with one attached hydrogen (secondary N) is 2. The number of aromatic nitrogens is 6. The number of nitrogens with zero attached hydrogens (tertiary/aromatic N) is 6. The molecule has 9 nitrogen and oxygen atoms in total. The van der Waals surface area contributed by atoms with Gasteiger partial charge in [-0.15, -0.1) is 0 Å². The molecular weight excluding hydrogens is 344 g/mol. The zero-order valence-corrected chi connectivity index (χ0v) is 14.3. The van der Waals surface area contributed by atoms with Crippen LogP contribution in [0.5, 0.6) is 0 Å². The van der Waals surface area contributed by atoms with Gasteiger partial charge in [0.2, 0.25) is 5.95 Å². The summed E-state index contributed by atoms with van der Waals surface area (Å²) in [7, 11) is 3.64. The van der Waals surface area contributed by atoms with Gasteiger partial charge in [0.1, 0.15) is 23.0 Å². The van der Waals surface area contributed by atoms with Crippen molar-refractivity contribution in [1.29, 1.82) is 0 Å². The minimum Gasteiger partial charge on any atom is -0.381 e. The molecule has 136 valence electrons. The Morgan fingerprint density at radius 1 is 1.19 bits per heavy atom. The average Bonchev–Trinajstić information content (AvgIpc) is 3.08. The molecule has 0 bridgehead atoms. The van der Waals surface area contributed by atoms with Crippen LogP contribution in [-0.2, 0) is 0 Å². The van der Waals surface area contributed by atoms with Gasteiger partial charge in [-0.05, 0) is 6.92 Å². The highest BCUT2D eigenvalue weighted by atomic mass is 19.1. The zero-order valence-electron chi connectivity index (χ0n) is 14.3. The van der Waals surface area contributed by atoms with E-state index < -0.39 is 17.7 Å². The minimum absolute atomic E-state index is 0.0448. The first-order valence-corrected chi connectivity index (χ1v) is 7.65. The van der Waals surface area contributed by atoms with Gasteiger partial charge in [-0.25, -0.2) is 23.7 Å². The van der Waals surface area contributed by atoms with E-state index in [-0.39, 0.29) is 23.2 Å². The van der Waals surface area contributed by atoms with Crippen LogP contribution < -0.4 is 16.0 Å². The van der Waals surface area contributed by atoms with Crippen LogP contribution in [0.15, 0.2) is 18.5 Å². The summed E-state index contributed by atoms with van der Waals surface area (Å²) >= 11 is 0. The molecule has 26 heavy (non-hydrogen) atoms. The summed E-state index contributed by atoms with van der Waals surface area (Å²) in [6.07, 6.45) is 2.11. The Hall–Kier alpha value is -3.37. The lowest BCUT2D eigenvalue weighted by atomic mass is 10.2. The van der Waals surface area contributed by atoms with Crippen molar-refractivity contribution in [3.05, 3.63) is 35.9 Å². The fraction of sp³-hybridized carbons (Fsp3) is 0.267. The molecule has 0 spiro atoms. The second-order valence-electron chi connectivity index (χ2n) is 5.75. The van der Waals surface area contributed by atoms with Crippen molar-refractivity contribution in [2.24, 2.45) is 0 Å². The molecule has 0 fully saturated rings. The minimum atomic E-state index is -0.766. The third-order valence-corrected chi connectivity index (χ3v) is 3.54. The van der Waals surface area contributed by atoms with Crippen LogP contribution in [0.25, 0.3) is 11.4 Å². The number of anilines is 3. The molecule has 0 aromatic carbocycles. The first kappa shape index (κ1) is 17.5. The molecule has 0 aliphatic heterocycles. The summed E-state index contributed by atoms with van der Waals surface area (Å²) in [5, 5.41) is 9.75. The molecule has 0 amide bonds. The van der Waals surface area contributed by atoms with Crippen molar-refractivity contribution in [1.82, 2.24) is 30.1 Å². The van der Waals surface area contributed by atoms with Gasteiger partial charge in [0, 0.05) is 20.2 Å². The predicted octanol–water partition coefficient (Wildman–Crippen LogP) is 1.76. The number of hydrogen-bond acceptors (Lipinski definition) is 8. The molecule has 3 heterocycles. The van der Waals surface area contributed by atoms with Crippen molar-refractivity contribution in [2.75, 3.05) is 30.0 Å². The lowest BCUT2D eigenvalue weighted by Gasteiger charge is -2.13. The predicted molar refractivity (Wildman–Crippen MR) is 92.3 cm³/mol. The van der Waals surface area contributed by atoms with Gasteiger partial charge in [0.05, 0.1) is 18.4 Å². The van der Waals surface area contributed by atoms with E-state index in [1.807, 2.05) is 14.1 Å². The number of aromatic amines is 1. The Kier molecular flexibility index (Phi) is 4.61. The van der Waals surface area contributed by atoms with E-state index in [1.165, 1.54) is 0 Å². The lowest BCUT2D eigenvalue weighted by Crippen LogP contribution is -2.14. The standard InChI is InChI=1S/C15H17F2N9/c1-7(14-19-5-8(16)6-20-14)21-15-22-12(11(17)13(18)23-15)9-4-10(25-24-9)26(2)3/h4-7H,1-3H3,(H,24,25)(H3,18,21,22,23)/t7-/m0/s1. The van der Waals surface area contributed by atoms with Crippen molar-refractivity contribution in [3.8, 4) is 11.4 Å². The van der Waals surface area contributed by atoms with Crippen LogP contribution in [0.4, 0.5) is 26.4 Å². The second-order valence-corrected chi connectivity index (χ2v) is 5.75. The summed E-state index contributed by atoms with van der Waals surface area (Å²) in [5.74, 6) is -0.542. The van der Waals surface area contributed by atoms with Gasteiger partial charge in [0.25, 0.3) is 0 Å². The second kappa shape index (κ2) is 6.86. The summed E-state index contributed by atoms with van der Waals surface area (Å²) in [5.41, 5.74) is 5.91. The monoisotopic (exact) mass is 361 g/mol. The third kappa shape index (κ3) is 3.50. The summed E-state index contributed by atoms with van der Waals surface area (Å²) < 4.78 is 27.3. The summed E-state index contributed by atoms with van der Waals surface area (Å²) in [6, 6.07) is 1.19. The van der Waals surface area contributed by atoms with Crippen molar-refractivity contribution < 1.29 is 8.78 Å². The highest BCUT2D eigenvalue weighted by Crippen LogP contribution is 2.26. The smallest absolute Gasteiger partial charge is 0.226 e. The van der Waals surface area contributed by atoms with Gasteiger partial charge >= 0.3 is 0 Å². The van der Waals surface area contributed by atoms with Crippen LogP contribution >= 0.6 is 0 Å². The topological polar surface area (TPSA) is 122 Å². The van der Waals surface area contributed by atoms with Gasteiger partial charge in [-0.2, -0.15) is 10.1 Å². The van der Waals surface area contributed by atoms with E-state index in [0.29, 0.717) is 11.6 Å². The van der Waals surface area contributed by atoms with Gasteiger partial charge < -0.3 is 16.0 Å².